The second kappa shape index (κ2) is 8.28. The number of carbonyl (C=O) groups is 1. The molecule has 0 spiro atoms. The molecule has 1 heterocycles. The Balaban J connectivity index is 1.93. The van der Waals surface area contributed by atoms with Crippen LogP contribution in [0.2, 0.25) is 0 Å². The van der Waals surface area contributed by atoms with Crippen LogP contribution in [0.4, 0.5) is 0 Å². The predicted molar refractivity (Wildman–Crippen MR) is 105 cm³/mol. The van der Waals surface area contributed by atoms with Gasteiger partial charge in [-0.1, -0.05) is 44.6 Å². The molecule has 0 aromatic heterocycles. The molecule has 0 unspecified atom stereocenters. The molecule has 0 bridgehead atoms. The summed E-state index contributed by atoms with van der Waals surface area (Å²) in [7, 11) is 0. The average Bonchev–Trinajstić information content (AvgIpc) is 2.54. The van der Waals surface area contributed by atoms with Crippen molar-refractivity contribution < 1.29 is 4.79 Å². The molecule has 134 valence electrons. The first kappa shape index (κ1) is 19.2. The summed E-state index contributed by atoms with van der Waals surface area (Å²) in [6.07, 6.45) is 9.54. The van der Waals surface area contributed by atoms with Gasteiger partial charge in [0.25, 0.3) is 0 Å². The van der Waals surface area contributed by atoms with Gasteiger partial charge < -0.3 is 9.80 Å². The predicted octanol–water partition coefficient (Wildman–Crippen LogP) is 4.34. The van der Waals surface area contributed by atoms with E-state index >= 15 is 0 Å². The van der Waals surface area contributed by atoms with E-state index in [0.29, 0.717) is 0 Å². The molecule has 2 aliphatic rings. The molecule has 1 aliphatic heterocycles. The van der Waals surface area contributed by atoms with Crippen molar-refractivity contribution in [2.24, 2.45) is 5.41 Å². The van der Waals surface area contributed by atoms with Crippen LogP contribution in [0.3, 0.4) is 0 Å². The van der Waals surface area contributed by atoms with Crippen molar-refractivity contribution >= 4 is 23.1 Å². The third kappa shape index (κ3) is 4.69. The van der Waals surface area contributed by atoms with Gasteiger partial charge in [-0.3, -0.25) is 4.79 Å². The van der Waals surface area contributed by atoms with Gasteiger partial charge in [-0.05, 0) is 50.0 Å². The molecule has 3 nitrogen and oxygen atoms in total. The molecule has 0 saturated carbocycles. The molecule has 4 heteroatoms. The summed E-state index contributed by atoms with van der Waals surface area (Å²) >= 11 is 5.45. The highest BCUT2D eigenvalue weighted by Gasteiger charge is 2.27. The van der Waals surface area contributed by atoms with E-state index < -0.39 is 0 Å². The van der Waals surface area contributed by atoms with Gasteiger partial charge in [-0.25, -0.2) is 0 Å². The van der Waals surface area contributed by atoms with Gasteiger partial charge in [0.15, 0.2) is 0 Å². The van der Waals surface area contributed by atoms with Crippen LogP contribution in [0.5, 0.6) is 0 Å². The molecular formula is C20H32N2OS. The maximum atomic E-state index is 12.5. The lowest BCUT2D eigenvalue weighted by Crippen LogP contribution is -2.49. The Hall–Kier alpha value is -1.16. The number of hydrogen-bond acceptors (Lipinski definition) is 2. The van der Waals surface area contributed by atoms with Gasteiger partial charge in [0.2, 0.25) is 5.91 Å². The Labute approximate surface area is 152 Å². The number of piperazine rings is 1. The molecule has 1 aliphatic carbocycles. The van der Waals surface area contributed by atoms with Crippen molar-refractivity contribution in [3.8, 4) is 0 Å². The van der Waals surface area contributed by atoms with Crippen molar-refractivity contribution in [2.45, 2.75) is 59.8 Å². The maximum absolute atomic E-state index is 12.5. The van der Waals surface area contributed by atoms with Crippen molar-refractivity contribution in [1.82, 2.24) is 9.80 Å². The minimum atomic E-state index is 0.137. The number of allylic oxidation sites excluding steroid dienone is 3. The third-order valence-electron chi connectivity index (χ3n) is 5.34. The van der Waals surface area contributed by atoms with E-state index in [1.165, 1.54) is 24.0 Å². The molecule has 1 amide bonds. The molecule has 1 fully saturated rings. The molecule has 0 N–H and O–H groups in total. The fraction of sp³-hybridized carbons (Fsp3) is 0.700. The van der Waals surface area contributed by atoms with E-state index in [2.05, 4.69) is 38.7 Å². The standard InChI is InChI=1S/C20H32N2OS/c1-5-7-19(24)22-14-12-21(13-15-22)18(23)10-9-17-16(2)8-6-11-20(17,3)4/h9-10H,5-8,11-15H2,1-4H3/b10-9+. The summed E-state index contributed by atoms with van der Waals surface area (Å²) in [5.41, 5.74) is 2.97. The van der Waals surface area contributed by atoms with Crippen LogP contribution in [-0.4, -0.2) is 46.9 Å². The molecule has 1 saturated heterocycles. The number of carbonyl (C=O) groups excluding carboxylic acids is 1. The highest BCUT2D eigenvalue weighted by Crippen LogP contribution is 2.40. The van der Waals surface area contributed by atoms with Gasteiger partial charge in [0.1, 0.15) is 0 Å². The second-order valence-corrected chi connectivity index (χ2v) is 8.19. The van der Waals surface area contributed by atoms with Crippen LogP contribution >= 0.6 is 12.2 Å². The summed E-state index contributed by atoms with van der Waals surface area (Å²) in [5.74, 6) is 0.137. The molecule has 0 atom stereocenters. The molecule has 24 heavy (non-hydrogen) atoms. The average molecular weight is 349 g/mol. The van der Waals surface area contributed by atoms with Gasteiger partial charge in [-0.2, -0.15) is 0 Å². The fourth-order valence-corrected chi connectivity index (χ4v) is 4.21. The Morgan fingerprint density at radius 2 is 1.83 bits per heavy atom. The Morgan fingerprint density at radius 1 is 1.21 bits per heavy atom. The molecule has 0 aromatic carbocycles. The SMILES string of the molecule is CCCC(=S)N1CCN(C(=O)/C=C/C2=C(C)CCCC2(C)C)CC1. The lowest BCUT2D eigenvalue weighted by molar-refractivity contribution is -0.127. The van der Waals surface area contributed by atoms with Gasteiger partial charge in [0, 0.05) is 32.3 Å². The largest absolute Gasteiger partial charge is 0.363 e. The van der Waals surface area contributed by atoms with Crippen molar-refractivity contribution in [3.63, 3.8) is 0 Å². The maximum Gasteiger partial charge on any atom is 0.246 e. The lowest BCUT2D eigenvalue weighted by Gasteiger charge is -2.36. The first-order chi connectivity index (χ1) is 11.3. The number of nitrogens with zero attached hydrogens (tertiary/aromatic N) is 2. The van der Waals surface area contributed by atoms with E-state index in [9.17, 15) is 4.79 Å². The van der Waals surface area contributed by atoms with E-state index in [1.807, 2.05) is 4.90 Å². The van der Waals surface area contributed by atoms with Crippen LogP contribution in [0.15, 0.2) is 23.3 Å². The van der Waals surface area contributed by atoms with Crippen molar-refractivity contribution in [1.29, 1.82) is 0 Å². The summed E-state index contributed by atoms with van der Waals surface area (Å²) in [6, 6.07) is 0. The zero-order valence-electron chi connectivity index (χ0n) is 15.7. The summed E-state index contributed by atoms with van der Waals surface area (Å²) in [6.45, 7) is 12.2. The molecule has 2 rings (SSSR count). The zero-order valence-corrected chi connectivity index (χ0v) is 16.5. The van der Waals surface area contributed by atoms with E-state index in [4.69, 9.17) is 12.2 Å². The number of rotatable bonds is 4. The third-order valence-corrected chi connectivity index (χ3v) is 5.81. The number of hydrogen-bond donors (Lipinski definition) is 0. The Kier molecular flexibility index (Phi) is 6.62. The Morgan fingerprint density at radius 3 is 2.42 bits per heavy atom. The van der Waals surface area contributed by atoms with Crippen LogP contribution in [0.25, 0.3) is 0 Å². The molecule has 0 aromatic rings. The molecular weight excluding hydrogens is 316 g/mol. The van der Waals surface area contributed by atoms with Crippen molar-refractivity contribution in [3.05, 3.63) is 23.3 Å². The summed E-state index contributed by atoms with van der Waals surface area (Å²) in [4.78, 5) is 17.8. The minimum absolute atomic E-state index is 0.137. The van der Waals surface area contributed by atoms with Crippen LogP contribution in [0.1, 0.15) is 59.8 Å². The lowest BCUT2D eigenvalue weighted by atomic mass is 9.72. The van der Waals surface area contributed by atoms with Gasteiger partial charge in [0.05, 0.1) is 4.99 Å². The number of amides is 1. The summed E-state index contributed by atoms with van der Waals surface area (Å²) in [5, 5.41) is 0. The second-order valence-electron chi connectivity index (χ2n) is 7.72. The van der Waals surface area contributed by atoms with E-state index in [1.54, 1.807) is 6.08 Å². The van der Waals surface area contributed by atoms with Crippen LogP contribution in [0, 0.1) is 5.41 Å². The number of thiocarbonyl (C=S) groups is 1. The van der Waals surface area contributed by atoms with Gasteiger partial charge >= 0.3 is 0 Å². The highest BCUT2D eigenvalue weighted by molar-refractivity contribution is 7.80. The van der Waals surface area contributed by atoms with Crippen LogP contribution in [-0.2, 0) is 4.79 Å². The molecule has 0 radical (unpaired) electrons. The van der Waals surface area contributed by atoms with E-state index in [0.717, 1.165) is 50.4 Å². The minimum Gasteiger partial charge on any atom is -0.363 e. The first-order valence-electron chi connectivity index (χ1n) is 9.30. The normalized spacial score (nSPS) is 21.5. The van der Waals surface area contributed by atoms with E-state index in [-0.39, 0.29) is 11.3 Å². The smallest absolute Gasteiger partial charge is 0.246 e. The fourth-order valence-electron chi connectivity index (χ4n) is 3.82. The van der Waals surface area contributed by atoms with Crippen LogP contribution < -0.4 is 0 Å². The monoisotopic (exact) mass is 348 g/mol. The highest BCUT2D eigenvalue weighted by atomic mass is 32.1. The zero-order chi connectivity index (χ0) is 17.7. The van der Waals surface area contributed by atoms with Crippen molar-refractivity contribution in [2.75, 3.05) is 26.2 Å². The first-order valence-corrected chi connectivity index (χ1v) is 9.71. The Bertz CT molecular complexity index is 540. The quantitative estimate of drug-likeness (QED) is 0.558. The topological polar surface area (TPSA) is 23.6 Å². The summed E-state index contributed by atoms with van der Waals surface area (Å²) < 4.78 is 0. The van der Waals surface area contributed by atoms with Gasteiger partial charge in [-0.15, -0.1) is 0 Å².